The Hall–Kier alpha value is -1.95. The predicted octanol–water partition coefficient (Wildman–Crippen LogP) is 2.49. The third kappa shape index (κ3) is 3.54. The molecule has 0 atom stereocenters. The Labute approximate surface area is 148 Å². The van der Waals surface area contributed by atoms with Crippen LogP contribution in [0, 0.1) is 11.8 Å². The molecule has 0 radical (unpaired) electrons. The van der Waals surface area contributed by atoms with Crippen LogP contribution in [-0.4, -0.2) is 44.5 Å². The Morgan fingerprint density at radius 1 is 1.24 bits per heavy atom. The second-order valence-electron chi connectivity index (χ2n) is 7.42. The predicted molar refractivity (Wildman–Crippen MR) is 96.3 cm³/mol. The van der Waals surface area contributed by atoms with Gasteiger partial charge in [-0.25, -0.2) is 9.50 Å². The van der Waals surface area contributed by atoms with Crippen LogP contribution in [0.25, 0.3) is 5.65 Å². The fraction of sp³-hybridized carbons (Fsp3) is 0.632. The van der Waals surface area contributed by atoms with E-state index in [2.05, 4.69) is 34.1 Å². The van der Waals surface area contributed by atoms with Crippen LogP contribution in [0.5, 0.6) is 0 Å². The van der Waals surface area contributed by atoms with Crippen molar-refractivity contribution in [3.63, 3.8) is 0 Å². The molecule has 2 aliphatic carbocycles. The van der Waals surface area contributed by atoms with Crippen molar-refractivity contribution in [3.8, 4) is 0 Å². The highest BCUT2D eigenvalue weighted by molar-refractivity contribution is 5.99. The van der Waals surface area contributed by atoms with Gasteiger partial charge in [-0.15, -0.1) is 0 Å². The van der Waals surface area contributed by atoms with E-state index in [-0.39, 0.29) is 5.91 Å². The first-order valence-electron chi connectivity index (χ1n) is 9.55. The van der Waals surface area contributed by atoms with E-state index in [1.807, 2.05) is 12.4 Å². The molecule has 0 aliphatic heterocycles. The van der Waals surface area contributed by atoms with Crippen LogP contribution in [0.1, 0.15) is 55.5 Å². The van der Waals surface area contributed by atoms with Crippen LogP contribution in [0.3, 0.4) is 0 Å². The number of aromatic nitrogens is 3. The molecular formula is C19H27N5O. The van der Waals surface area contributed by atoms with Gasteiger partial charge in [-0.2, -0.15) is 5.10 Å². The number of hydrogen-bond donors (Lipinski definition) is 1. The van der Waals surface area contributed by atoms with Gasteiger partial charge in [0.25, 0.3) is 5.91 Å². The molecule has 25 heavy (non-hydrogen) atoms. The van der Waals surface area contributed by atoms with Gasteiger partial charge in [-0.1, -0.05) is 13.8 Å². The number of rotatable bonds is 8. The van der Waals surface area contributed by atoms with Crippen molar-refractivity contribution in [1.29, 1.82) is 0 Å². The largest absolute Gasteiger partial charge is 0.349 e. The van der Waals surface area contributed by atoms with Crippen LogP contribution >= 0.6 is 0 Å². The van der Waals surface area contributed by atoms with Crippen LogP contribution < -0.4 is 5.32 Å². The van der Waals surface area contributed by atoms with E-state index in [1.54, 1.807) is 10.7 Å². The fourth-order valence-electron chi connectivity index (χ4n) is 3.62. The summed E-state index contributed by atoms with van der Waals surface area (Å²) in [5.74, 6) is 1.35. The van der Waals surface area contributed by atoms with Crippen LogP contribution in [-0.2, 0) is 6.54 Å². The lowest BCUT2D eigenvalue weighted by atomic mass is 10.1. The van der Waals surface area contributed by atoms with Crippen LogP contribution in [0.4, 0.5) is 0 Å². The van der Waals surface area contributed by atoms with Gasteiger partial charge in [0.1, 0.15) is 5.56 Å². The SMILES string of the molecule is CCN(CC)Cc1cnc2c(C(=O)NC(C3CC3)C3CC3)cnn2c1. The second kappa shape index (κ2) is 6.75. The minimum absolute atomic E-state index is 0.0252. The lowest BCUT2D eigenvalue weighted by Gasteiger charge is -2.18. The summed E-state index contributed by atoms with van der Waals surface area (Å²) in [5.41, 5.74) is 2.34. The maximum atomic E-state index is 12.7. The highest BCUT2D eigenvalue weighted by Crippen LogP contribution is 2.44. The van der Waals surface area contributed by atoms with E-state index in [1.165, 1.54) is 25.7 Å². The van der Waals surface area contributed by atoms with E-state index in [9.17, 15) is 4.79 Å². The van der Waals surface area contributed by atoms with Gasteiger partial charge in [-0.05, 0) is 50.6 Å². The minimum atomic E-state index is -0.0252. The quantitative estimate of drug-likeness (QED) is 0.801. The first kappa shape index (κ1) is 16.5. The average molecular weight is 341 g/mol. The molecule has 4 rings (SSSR count). The third-order valence-corrected chi connectivity index (χ3v) is 5.51. The molecule has 0 bridgehead atoms. The zero-order valence-electron chi connectivity index (χ0n) is 15.1. The topological polar surface area (TPSA) is 62.5 Å². The summed E-state index contributed by atoms with van der Waals surface area (Å²) in [6.07, 6.45) is 10.5. The Morgan fingerprint density at radius 3 is 2.52 bits per heavy atom. The van der Waals surface area contributed by atoms with Gasteiger partial charge in [0, 0.05) is 30.5 Å². The first-order valence-corrected chi connectivity index (χ1v) is 9.55. The maximum absolute atomic E-state index is 12.7. The van der Waals surface area contributed by atoms with Gasteiger partial charge in [0.15, 0.2) is 5.65 Å². The van der Waals surface area contributed by atoms with Crippen molar-refractivity contribution in [2.75, 3.05) is 13.1 Å². The first-order chi connectivity index (χ1) is 12.2. The summed E-state index contributed by atoms with van der Waals surface area (Å²) in [6.45, 7) is 7.17. The Kier molecular flexibility index (Phi) is 4.46. The molecule has 0 unspecified atom stereocenters. The van der Waals surface area contributed by atoms with Crippen LogP contribution in [0.15, 0.2) is 18.6 Å². The standard InChI is InChI=1S/C19H27N5O/c1-3-23(4-2)11-13-9-20-18-16(10-21-24(18)12-13)19(25)22-17(14-5-6-14)15-7-8-15/h9-10,12,14-15,17H,3-8,11H2,1-2H3,(H,22,25). The molecule has 134 valence electrons. The van der Waals surface area contributed by atoms with Gasteiger partial charge in [0.2, 0.25) is 0 Å². The highest BCUT2D eigenvalue weighted by Gasteiger charge is 2.42. The molecule has 0 saturated heterocycles. The van der Waals surface area contributed by atoms with E-state index >= 15 is 0 Å². The maximum Gasteiger partial charge on any atom is 0.257 e. The summed E-state index contributed by atoms with van der Waals surface area (Å²) in [5, 5.41) is 7.62. The van der Waals surface area contributed by atoms with Crippen molar-refractivity contribution in [2.45, 2.75) is 52.1 Å². The summed E-state index contributed by atoms with van der Waals surface area (Å²) in [6, 6.07) is 0.351. The van der Waals surface area contributed by atoms with Crippen molar-refractivity contribution in [1.82, 2.24) is 24.8 Å². The molecule has 2 aliphatic rings. The van der Waals surface area contributed by atoms with Gasteiger partial charge >= 0.3 is 0 Å². The summed E-state index contributed by atoms with van der Waals surface area (Å²) < 4.78 is 1.73. The number of nitrogens with one attached hydrogen (secondary N) is 1. The molecule has 2 heterocycles. The molecule has 2 saturated carbocycles. The number of hydrogen-bond acceptors (Lipinski definition) is 4. The molecule has 0 aromatic carbocycles. The number of carbonyl (C=O) groups excluding carboxylic acids is 1. The van der Waals surface area contributed by atoms with E-state index in [0.717, 1.165) is 25.2 Å². The van der Waals surface area contributed by atoms with Gasteiger partial charge in [0.05, 0.1) is 6.20 Å². The third-order valence-electron chi connectivity index (χ3n) is 5.51. The Balaban J connectivity index is 1.51. The highest BCUT2D eigenvalue weighted by atomic mass is 16.1. The summed E-state index contributed by atoms with van der Waals surface area (Å²) >= 11 is 0. The Morgan fingerprint density at radius 2 is 1.92 bits per heavy atom. The number of carbonyl (C=O) groups is 1. The molecule has 6 heteroatoms. The zero-order valence-corrected chi connectivity index (χ0v) is 15.1. The van der Waals surface area contributed by atoms with E-state index in [0.29, 0.717) is 29.1 Å². The van der Waals surface area contributed by atoms with E-state index in [4.69, 9.17) is 0 Å². The number of fused-ring (bicyclic) bond motifs is 1. The van der Waals surface area contributed by atoms with Gasteiger partial charge in [-0.3, -0.25) is 9.69 Å². The fourth-order valence-corrected chi connectivity index (χ4v) is 3.62. The number of nitrogens with zero attached hydrogens (tertiary/aromatic N) is 4. The smallest absolute Gasteiger partial charge is 0.257 e. The lowest BCUT2D eigenvalue weighted by Crippen LogP contribution is -2.38. The average Bonchev–Trinajstić information content (AvgIpc) is 3.54. The van der Waals surface area contributed by atoms with Crippen molar-refractivity contribution < 1.29 is 4.79 Å². The molecule has 1 amide bonds. The molecule has 2 fully saturated rings. The summed E-state index contributed by atoms with van der Waals surface area (Å²) in [7, 11) is 0. The monoisotopic (exact) mass is 341 g/mol. The lowest BCUT2D eigenvalue weighted by molar-refractivity contribution is 0.0928. The molecule has 2 aromatic heterocycles. The molecule has 6 nitrogen and oxygen atoms in total. The minimum Gasteiger partial charge on any atom is -0.349 e. The van der Waals surface area contributed by atoms with Crippen molar-refractivity contribution in [3.05, 3.63) is 29.7 Å². The molecule has 1 N–H and O–H groups in total. The van der Waals surface area contributed by atoms with Gasteiger partial charge < -0.3 is 5.32 Å². The van der Waals surface area contributed by atoms with E-state index < -0.39 is 0 Å². The Bertz CT molecular complexity index is 746. The summed E-state index contributed by atoms with van der Waals surface area (Å²) in [4.78, 5) is 19.6. The van der Waals surface area contributed by atoms with Crippen molar-refractivity contribution >= 4 is 11.6 Å². The van der Waals surface area contributed by atoms with Crippen LogP contribution in [0.2, 0.25) is 0 Å². The molecular weight excluding hydrogens is 314 g/mol. The normalized spacial score (nSPS) is 17.6. The second-order valence-corrected chi connectivity index (χ2v) is 7.42. The molecule has 0 spiro atoms. The number of amides is 1. The van der Waals surface area contributed by atoms with Crippen molar-refractivity contribution in [2.24, 2.45) is 11.8 Å². The molecule has 2 aromatic rings. The zero-order chi connectivity index (χ0) is 17.4.